The predicted molar refractivity (Wildman–Crippen MR) is 156 cm³/mol. The first-order valence-corrected chi connectivity index (χ1v) is 16.9. The highest BCUT2D eigenvalue weighted by molar-refractivity contribution is 7.89. The van der Waals surface area contributed by atoms with Crippen LogP contribution in [0.2, 0.25) is 5.02 Å². The van der Waals surface area contributed by atoms with E-state index in [2.05, 4.69) is 4.90 Å². The third kappa shape index (κ3) is 6.01. The van der Waals surface area contributed by atoms with Gasteiger partial charge >= 0.3 is 6.09 Å². The average Bonchev–Trinajstić information content (AvgIpc) is 3.78. The number of sulfonamides is 1. The lowest BCUT2D eigenvalue weighted by Gasteiger charge is -2.45. The molecule has 3 saturated heterocycles. The summed E-state index contributed by atoms with van der Waals surface area (Å²) in [6.07, 6.45) is 8.41. The van der Waals surface area contributed by atoms with Crippen molar-refractivity contribution in [1.82, 2.24) is 14.1 Å². The largest absolute Gasteiger partial charge is 0.441 e. The first kappa shape index (κ1) is 28.9. The summed E-state index contributed by atoms with van der Waals surface area (Å²) < 4.78 is 50.6. The third-order valence-corrected chi connectivity index (χ3v) is 11.6. The summed E-state index contributed by atoms with van der Waals surface area (Å²) in [5, 5.41) is 0.442. The Morgan fingerprint density at radius 3 is 2.27 bits per heavy atom. The van der Waals surface area contributed by atoms with Crippen LogP contribution in [0.15, 0.2) is 53.4 Å². The second-order valence-electron chi connectivity index (χ2n) is 12.1. The highest BCUT2D eigenvalue weighted by Crippen LogP contribution is 2.52. The lowest BCUT2D eigenvalue weighted by molar-refractivity contribution is -0.0144. The van der Waals surface area contributed by atoms with E-state index < -0.39 is 33.5 Å². The lowest BCUT2D eigenvalue weighted by Crippen LogP contribution is -2.55. The molecule has 41 heavy (non-hydrogen) atoms. The number of ether oxygens (including phenoxy) is 1. The summed E-state index contributed by atoms with van der Waals surface area (Å²) in [6.45, 7) is 3.59. The Balaban J connectivity index is 1.24. The second kappa shape index (κ2) is 11.8. The highest BCUT2D eigenvalue weighted by atomic mass is 35.5. The van der Waals surface area contributed by atoms with Crippen LogP contribution in [0, 0.1) is 5.82 Å². The number of likely N-dealkylation sites (tertiary alicyclic amines) is 2. The molecule has 4 fully saturated rings. The van der Waals surface area contributed by atoms with Gasteiger partial charge in [0.25, 0.3) is 0 Å². The van der Waals surface area contributed by atoms with Crippen molar-refractivity contribution in [1.29, 1.82) is 0 Å². The van der Waals surface area contributed by atoms with Crippen LogP contribution >= 0.6 is 11.6 Å². The van der Waals surface area contributed by atoms with Gasteiger partial charge in [-0.05, 0) is 113 Å². The molecular formula is C31H39ClFN3O4S. The fourth-order valence-corrected chi connectivity index (χ4v) is 9.17. The van der Waals surface area contributed by atoms with Crippen molar-refractivity contribution in [2.24, 2.45) is 0 Å². The first-order valence-electron chi connectivity index (χ1n) is 15.0. The molecule has 1 amide bonds. The molecule has 222 valence electrons. The normalized spacial score (nSPS) is 26.0. The number of hydrogen-bond donors (Lipinski definition) is 0. The van der Waals surface area contributed by atoms with Crippen molar-refractivity contribution >= 4 is 27.7 Å². The summed E-state index contributed by atoms with van der Waals surface area (Å²) in [5.74, 6) is -0.408. The van der Waals surface area contributed by atoms with Crippen LogP contribution in [0.1, 0.15) is 75.8 Å². The van der Waals surface area contributed by atoms with Gasteiger partial charge in [-0.1, -0.05) is 30.2 Å². The zero-order valence-electron chi connectivity index (χ0n) is 23.4. The molecule has 2 aromatic carbocycles. The molecule has 2 atom stereocenters. The molecule has 2 unspecified atom stereocenters. The molecule has 6 rings (SSSR count). The maximum Gasteiger partial charge on any atom is 0.410 e. The SMILES string of the molecule is O=C(OC1(C2CCCC(c3cccc(F)c3)N2S(=O)(=O)c2ccc(Cl)cc2)CC1)N1CCC(N2CCCCC2)CC1. The van der Waals surface area contributed by atoms with Crippen LogP contribution in [0.5, 0.6) is 0 Å². The summed E-state index contributed by atoms with van der Waals surface area (Å²) in [7, 11) is -4.02. The molecule has 0 bridgehead atoms. The quantitative estimate of drug-likeness (QED) is 0.383. The maximum absolute atomic E-state index is 14.3. The number of nitrogens with zero attached hydrogens (tertiary/aromatic N) is 3. The Hall–Kier alpha value is -2.20. The standard InChI is InChI=1S/C31H39ClFN3O4S/c32-24-10-12-27(13-11-24)41(38,39)36-28(23-6-4-7-25(33)22-23)8-5-9-29(36)31(16-17-31)40-30(37)35-20-14-26(15-21-35)34-18-2-1-3-19-34/h4,6-7,10-13,22,26,28-29H,1-3,5,8-9,14-21H2. The number of piperidine rings is 3. The van der Waals surface area contributed by atoms with Crippen LogP contribution in [-0.4, -0.2) is 72.5 Å². The number of carbonyl (C=O) groups is 1. The highest BCUT2D eigenvalue weighted by Gasteiger charge is 2.60. The zero-order valence-corrected chi connectivity index (χ0v) is 25.0. The molecule has 0 radical (unpaired) electrons. The molecule has 3 aliphatic heterocycles. The third-order valence-electron chi connectivity index (χ3n) is 9.46. The molecule has 0 N–H and O–H groups in total. The lowest BCUT2D eigenvalue weighted by atomic mass is 9.90. The van der Waals surface area contributed by atoms with Gasteiger partial charge in [0.1, 0.15) is 11.4 Å². The number of benzene rings is 2. The minimum atomic E-state index is -4.02. The molecular weight excluding hydrogens is 565 g/mol. The van der Waals surface area contributed by atoms with Crippen molar-refractivity contribution in [3.63, 3.8) is 0 Å². The molecule has 2 aromatic rings. The topological polar surface area (TPSA) is 70.2 Å². The number of rotatable bonds is 6. The van der Waals surface area contributed by atoms with Crippen molar-refractivity contribution in [2.45, 2.75) is 92.8 Å². The smallest absolute Gasteiger partial charge is 0.410 e. The summed E-state index contributed by atoms with van der Waals surface area (Å²) >= 11 is 6.07. The van der Waals surface area contributed by atoms with Crippen molar-refractivity contribution < 1.29 is 22.3 Å². The van der Waals surface area contributed by atoms with Crippen LogP contribution in [0.4, 0.5) is 9.18 Å². The maximum atomic E-state index is 14.3. The van der Waals surface area contributed by atoms with Gasteiger partial charge in [0.05, 0.1) is 17.0 Å². The van der Waals surface area contributed by atoms with E-state index in [0.717, 1.165) is 32.4 Å². The Kier molecular flexibility index (Phi) is 8.33. The van der Waals surface area contributed by atoms with Gasteiger partial charge in [0, 0.05) is 24.2 Å². The second-order valence-corrected chi connectivity index (χ2v) is 14.3. The van der Waals surface area contributed by atoms with Crippen molar-refractivity contribution in [3.8, 4) is 0 Å². The first-order chi connectivity index (χ1) is 19.8. The molecule has 1 saturated carbocycles. The minimum Gasteiger partial charge on any atom is -0.441 e. The molecule has 7 nitrogen and oxygen atoms in total. The van der Waals surface area contributed by atoms with Gasteiger partial charge in [-0.3, -0.25) is 0 Å². The number of halogens is 2. The van der Waals surface area contributed by atoms with Gasteiger partial charge in [0.15, 0.2) is 0 Å². The minimum absolute atomic E-state index is 0.122. The molecule has 0 spiro atoms. The van der Waals surface area contributed by atoms with E-state index in [1.54, 1.807) is 29.2 Å². The summed E-state index contributed by atoms with van der Waals surface area (Å²) in [4.78, 5) is 18.0. The van der Waals surface area contributed by atoms with Crippen LogP contribution in [-0.2, 0) is 14.8 Å². The van der Waals surface area contributed by atoms with E-state index in [1.807, 2.05) is 0 Å². The van der Waals surface area contributed by atoms with Gasteiger partial charge in [-0.2, -0.15) is 4.31 Å². The fraction of sp³-hybridized carbons (Fsp3) is 0.581. The van der Waals surface area contributed by atoms with Crippen LogP contribution in [0.3, 0.4) is 0 Å². The van der Waals surface area contributed by atoms with E-state index in [9.17, 15) is 17.6 Å². The Morgan fingerprint density at radius 2 is 1.61 bits per heavy atom. The van der Waals surface area contributed by atoms with E-state index in [0.29, 0.717) is 55.4 Å². The van der Waals surface area contributed by atoms with E-state index in [4.69, 9.17) is 16.3 Å². The van der Waals surface area contributed by atoms with Crippen LogP contribution in [0.25, 0.3) is 0 Å². The van der Waals surface area contributed by atoms with Gasteiger partial charge in [-0.15, -0.1) is 0 Å². The Bertz CT molecular complexity index is 1340. The molecule has 10 heteroatoms. The molecule has 0 aromatic heterocycles. The fourth-order valence-electron chi connectivity index (χ4n) is 7.12. The Labute approximate surface area is 247 Å². The predicted octanol–water partition coefficient (Wildman–Crippen LogP) is 6.38. The van der Waals surface area contributed by atoms with Crippen LogP contribution < -0.4 is 0 Å². The van der Waals surface area contributed by atoms with Crippen molar-refractivity contribution in [2.75, 3.05) is 26.2 Å². The molecule has 4 aliphatic rings. The summed E-state index contributed by atoms with van der Waals surface area (Å²) in [6, 6.07) is 11.7. The van der Waals surface area contributed by atoms with Crippen molar-refractivity contribution in [3.05, 3.63) is 64.9 Å². The van der Waals surface area contributed by atoms with Gasteiger partial charge in [-0.25, -0.2) is 17.6 Å². The Morgan fingerprint density at radius 1 is 0.902 bits per heavy atom. The van der Waals surface area contributed by atoms with Gasteiger partial charge in [0.2, 0.25) is 10.0 Å². The number of amides is 1. The molecule has 3 heterocycles. The summed E-state index contributed by atoms with van der Waals surface area (Å²) in [5.41, 5.74) is -0.277. The number of carbonyl (C=O) groups excluding carboxylic acids is 1. The van der Waals surface area contributed by atoms with E-state index in [1.165, 1.54) is 47.8 Å². The molecule has 1 aliphatic carbocycles. The number of hydrogen-bond acceptors (Lipinski definition) is 5. The van der Waals surface area contributed by atoms with E-state index in [-0.39, 0.29) is 11.0 Å². The van der Waals surface area contributed by atoms with E-state index >= 15 is 0 Å². The van der Waals surface area contributed by atoms with Gasteiger partial charge < -0.3 is 14.5 Å². The zero-order chi connectivity index (χ0) is 28.6. The monoisotopic (exact) mass is 603 g/mol. The average molecular weight is 604 g/mol.